The van der Waals surface area contributed by atoms with Gasteiger partial charge >= 0.3 is 0 Å². The summed E-state index contributed by atoms with van der Waals surface area (Å²) in [7, 11) is 0. The van der Waals surface area contributed by atoms with Crippen LogP contribution < -0.4 is 14.9 Å². The summed E-state index contributed by atoms with van der Waals surface area (Å²) < 4.78 is 18.2. The number of allylic oxidation sites excluding steroid dienone is 1. The molecule has 0 saturated carbocycles. The summed E-state index contributed by atoms with van der Waals surface area (Å²) in [5.41, 5.74) is 1.58. The van der Waals surface area contributed by atoms with E-state index in [1.54, 1.807) is 18.2 Å². The second kappa shape index (κ2) is 6.41. The van der Waals surface area contributed by atoms with E-state index in [0.717, 1.165) is 5.57 Å². The Morgan fingerprint density at radius 3 is 2.65 bits per heavy atom. The second-order valence-corrected chi connectivity index (χ2v) is 8.69. The highest BCUT2D eigenvalue weighted by atomic mass is 16.5. The molecule has 0 fully saturated rings. The first-order valence-electron chi connectivity index (χ1n) is 10.0. The summed E-state index contributed by atoms with van der Waals surface area (Å²) in [6.07, 6.45) is 4.69. The van der Waals surface area contributed by atoms with Crippen molar-refractivity contribution in [3.05, 3.63) is 63.3 Å². The number of rotatable bonds is 1. The SMILES string of the molecule is CC(C)=C[C@@H]1Oc2cc(O)ccc2-c2oc3cc4c(c(O)c3c(=O)c21)C=CC(C)(C)O4. The van der Waals surface area contributed by atoms with Crippen LogP contribution in [0.1, 0.15) is 44.9 Å². The van der Waals surface area contributed by atoms with Gasteiger partial charge in [-0.25, -0.2) is 0 Å². The van der Waals surface area contributed by atoms with Gasteiger partial charge in [-0.3, -0.25) is 4.79 Å². The van der Waals surface area contributed by atoms with Crippen molar-refractivity contribution in [1.29, 1.82) is 0 Å². The number of benzene rings is 2. The van der Waals surface area contributed by atoms with Crippen molar-refractivity contribution in [2.45, 2.75) is 39.4 Å². The molecule has 31 heavy (non-hydrogen) atoms. The zero-order valence-corrected chi connectivity index (χ0v) is 17.6. The summed E-state index contributed by atoms with van der Waals surface area (Å²) in [4.78, 5) is 13.6. The maximum absolute atomic E-state index is 13.6. The number of phenolic OH excluding ortho intramolecular Hbond substituents is 2. The lowest BCUT2D eigenvalue weighted by molar-refractivity contribution is 0.158. The van der Waals surface area contributed by atoms with Crippen LogP contribution >= 0.6 is 0 Å². The highest BCUT2D eigenvalue weighted by molar-refractivity contribution is 5.93. The van der Waals surface area contributed by atoms with E-state index in [4.69, 9.17) is 13.9 Å². The molecule has 0 saturated heterocycles. The van der Waals surface area contributed by atoms with Crippen LogP contribution in [0.15, 0.2) is 51.2 Å². The van der Waals surface area contributed by atoms with E-state index in [-0.39, 0.29) is 27.9 Å². The molecule has 0 aliphatic carbocycles. The molecule has 3 aromatic rings. The lowest BCUT2D eigenvalue weighted by Crippen LogP contribution is -2.27. The Morgan fingerprint density at radius 2 is 1.90 bits per heavy atom. The molecule has 0 spiro atoms. The Hall–Kier alpha value is -3.67. The summed E-state index contributed by atoms with van der Waals surface area (Å²) in [6.45, 7) is 7.62. The van der Waals surface area contributed by atoms with Gasteiger partial charge in [0.1, 0.15) is 51.4 Å². The van der Waals surface area contributed by atoms with Crippen molar-refractivity contribution >= 4 is 17.0 Å². The third-order valence-electron chi connectivity index (χ3n) is 5.45. The maximum atomic E-state index is 13.6. The molecule has 1 atom stereocenters. The Balaban J connectivity index is 1.87. The first-order valence-corrected chi connectivity index (χ1v) is 10.0. The third kappa shape index (κ3) is 2.98. The predicted molar refractivity (Wildman–Crippen MR) is 118 cm³/mol. The lowest BCUT2D eigenvalue weighted by Gasteiger charge is -2.29. The molecule has 5 rings (SSSR count). The van der Waals surface area contributed by atoms with Crippen molar-refractivity contribution < 1.29 is 24.1 Å². The van der Waals surface area contributed by atoms with Gasteiger partial charge in [0.2, 0.25) is 5.43 Å². The third-order valence-corrected chi connectivity index (χ3v) is 5.45. The van der Waals surface area contributed by atoms with Crippen LogP contribution in [-0.2, 0) is 0 Å². The monoisotopic (exact) mass is 418 g/mol. The molecule has 6 nitrogen and oxygen atoms in total. The van der Waals surface area contributed by atoms with Gasteiger partial charge in [-0.15, -0.1) is 0 Å². The van der Waals surface area contributed by atoms with Gasteiger partial charge in [0.15, 0.2) is 0 Å². The number of fused-ring (bicyclic) bond motifs is 5. The van der Waals surface area contributed by atoms with Gasteiger partial charge < -0.3 is 24.1 Å². The molecule has 2 aromatic carbocycles. The zero-order valence-electron chi connectivity index (χ0n) is 17.6. The Labute approximate surface area is 178 Å². The van der Waals surface area contributed by atoms with Gasteiger partial charge in [0.25, 0.3) is 0 Å². The molecule has 0 radical (unpaired) electrons. The normalized spacial score (nSPS) is 17.7. The fraction of sp³-hybridized carbons (Fsp3) is 0.240. The minimum atomic E-state index is -0.712. The Morgan fingerprint density at radius 1 is 1.13 bits per heavy atom. The topological polar surface area (TPSA) is 89.1 Å². The smallest absolute Gasteiger partial charge is 0.204 e. The highest BCUT2D eigenvalue weighted by Gasteiger charge is 2.33. The summed E-state index contributed by atoms with van der Waals surface area (Å²) in [6, 6.07) is 6.30. The summed E-state index contributed by atoms with van der Waals surface area (Å²) in [5, 5.41) is 21.0. The molecule has 2 aliphatic heterocycles. The van der Waals surface area contributed by atoms with E-state index in [0.29, 0.717) is 33.9 Å². The molecular formula is C25H22O6. The van der Waals surface area contributed by atoms with Crippen LogP contribution in [0.5, 0.6) is 23.0 Å². The van der Waals surface area contributed by atoms with Gasteiger partial charge in [-0.1, -0.05) is 5.57 Å². The van der Waals surface area contributed by atoms with E-state index < -0.39 is 11.7 Å². The average Bonchev–Trinajstić information content (AvgIpc) is 2.66. The van der Waals surface area contributed by atoms with Crippen molar-refractivity contribution in [2.75, 3.05) is 0 Å². The fourth-order valence-electron chi connectivity index (χ4n) is 4.06. The van der Waals surface area contributed by atoms with E-state index in [9.17, 15) is 15.0 Å². The fourth-order valence-corrected chi connectivity index (χ4v) is 4.06. The van der Waals surface area contributed by atoms with Crippen LogP contribution in [0.4, 0.5) is 0 Å². The van der Waals surface area contributed by atoms with Crippen molar-refractivity contribution in [1.82, 2.24) is 0 Å². The molecule has 158 valence electrons. The first-order chi connectivity index (χ1) is 14.6. The number of hydrogen-bond donors (Lipinski definition) is 2. The van der Waals surface area contributed by atoms with Gasteiger partial charge in [0.05, 0.1) is 16.7 Å². The molecule has 0 amide bonds. The van der Waals surface area contributed by atoms with Crippen LogP contribution in [-0.4, -0.2) is 15.8 Å². The van der Waals surface area contributed by atoms with E-state index in [1.807, 2.05) is 39.8 Å². The summed E-state index contributed by atoms with van der Waals surface area (Å²) >= 11 is 0. The van der Waals surface area contributed by atoms with Crippen LogP contribution in [0.2, 0.25) is 0 Å². The van der Waals surface area contributed by atoms with Crippen molar-refractivity contribution in [2.24, 2.45) is 0 Å². The quantitative estimate of drug-likeness (QED) is 0.511. The average molecular weight is 418 g/mol. The Bertz CT molecular complexity index is 1370. The van der Waals surface area contributed by atoms with Crippen LogP contribution in [0.3, 0.4) is 0 Å². The second-order valence-electron chi connectivity index (χ2n) is 8.69. The number of ether oxygens (including phenoxy) is 2. The van der Waals surface area contributed by atoms with E-state index in [1.165, 1.54) is 12.1 Å². The zero-order chi connectivity index (χ0) is 22.1. The number of aromatic hydroxyl groups is 2. The largest absolute Gasteiger partial charge is 0.508 e. The molecule has 3 heterocycles. The highest BCUT2D eigenvalue weighted by Crippen LogP contribution is 2.47. The van der Waals surface area contributed by atoms with Crippen LogP contribution in [0.25, 0.3) is 28.4 Å². The first kappa shape index (κ1) is 19.3. The van der Waals surface area contributed by atoms with Gasteiger partial charge in [-0.2, -0.15) is 0 Å². The number of hydrogen-bond acceptors (Lipinski definition) is 6. The minimum absolute atomic E-state index is 0.0513. The van der Waals surface area contributed by atoms with E-state index >= 15 is 0 Å². The molecular weight excluding hydrogens is 396 g/mol. The van der Waals surface area contributed by atoms with Crippen molar-refractivity contribution in [3.63, 3.8) is 0 Å². The molecule has 1 aromatic heterocycles. The Kier molecular flexibility index (Phi) is 3.99. The van der Waals surface area contributed by atoms with Gasteiger partial charge in [0, 0.05) is 12.1 Å². The van der Waals surface area contributed by atoms with E-state index in [2.05, 4.69) is 0 Å². The molecule has 2 aliphatic rings. The predicted octanol–water partition coefficient (Wildman–Crippen LogP) is 5.46. The van der Waals surface area contributed by atoms with Gasteiger partial charge in [-0.05, 0) is 58.1 Å². The lowest BCUT2D eigenvalue weighted by atomic mass is 9.94. The maximum Gasteiger partial charge on any atom is 0.204 e. The summed E-state index contributed by atoms with van der Waals surface area (Å²) in [5.74, 6) is 1.09. The van der Waals surface area contributed by atoms with Crippen molar-refractivity contribution in [3.8, 4) is 34.3 Å². The standard InChI is InChI=1S/C25H22O6/c1-12(2)9-18-21-23(28)20-19(11-17-14(22(20)27)7-8-25(3,4)31-17)30-24(21)15-6-5-13(26)10-16(15)29-18/h5-11,18,26-27H,1-4H3/t18-/m0/s1. The van der Waals surface area contributed by atoms with Crippen LogP contribution in [0, 0.1) is 0 Å². The minimum Gasteiger partial charge on any atom is -0.508 e. The number of phenols is 2. The molecule has 0 bridgehead atoms. The molecule has 6 heteroatoms. The molecule has 0 unspecified atom stereocenters. The molecule has 2 N–H and O–H groups in total.